The molecule has 106 valence electrons. The summed E-state index contributed by atoms with van der Waals surface area (Å²) in [4.78, 5) is 19.1. The summed E-state index contributed by atoms with van der Waals surface area (Å²) in [5.74, 6) is 1.18. The third-order valence-corrected chi connectivity index (χ3v) is 4.52. The van der Waals surface area contributed by atoms with Crippen LogP contribution < -0.4 is 10.5 Å². The lowest BCUT2D eigenvalue weighted by Gasteiger charge is -2.28. The SMILES string of the molecule is CC1CCN(c2nccn(C(C)(C)C)c2=O)C1CBr. The summed E-state index contributed by atoms with van der Waals surface area (Å²) in [6.45, 7) is 9.25. The molecule has 1 aliphatic rings. The zero-order chi connectivity index (χ0) is 14.2. The Kier molecular flexibility index (Phi) is 4.04. The van der Waals surface area contributed by atoms with Crippen molar-refractivity contribution in [2.75, 3.05) is 16.8 Å². The van der Waals surface area contributed by atoms with Crippen LogP contribution in [0.4, 0.5) is 5.82 Å². The van der Waals surface area contributed by atoms with Crippen molar-refractivity contribution in [1.82, 2.24) is 9.55 Å². The van der Waals surface area contributed by atoms with Crippen LogP contribution in [-0.2, 0) is 5.54 Å². The van der Waals surface area contributed by atoms with E-state index in [1.54, 1.807) is 17.0 Å². The van der Waals surface area contributed by atoms with Crippen LogP contribution >= 0.6 is 15.9 Å². The average molecular weight is 328 g/mol. The minimum atomic E-state index is -0.218. The highest BCUT2D eigenvalue weighted by Crippen LogP contribution is 2.28. The van der Waals surface area contributed by atoms with Crippen molar-refractivity contribution in [2.24, 2.45) is 5.92 Å². The molecule has 1 fully saturated rings. The standard InChI is InChI=1S/C14H22BrN3O/c1-10-5-7-17(11(10)9-15)12-13(19)18(8-6-16-12)14(2,3)4/h6,8,10-11H,5,7,9H2,1-4H3. The lowest BCUT2D eigenvalue weighted by molar-refractivity contribution is 0.382. The quantitative estimate of drug-likeness (QED) is 0.784. The normalized spacial score (nSPS) is 23.9. The van der Waals surface area contributed by atoms with Crippen molar-refractivity contribution in [3.63, 3.8) is 0 Å². The van der Waals surface area contributed by atoms with Gasteiger partial charge in [0.25, 0.3) is 5.56 Å². The predicted octanol–water partition coefficient (Wildman–Crippen LogP) is 2.61. The van der Waals surface area contributed by atoms with E-state index in [0.717, 1.165) is 18.3 Å². The van der Waals surface area contributed by atoms with Gasteiger partial charge in [0.15, 0.2) is 5.82 Å². The van der Waals surface area contributed by atoms with E-state index in [0.29, 0.717) is 17.8 Å². The highest BCUT2D eigenvalue weighted by molar-refractivity contribution is 9.09. The highest BCUT2D eigenvalue weighted by atomic mass is 79.9. The number of anilines is 1. The van der Waals surface area contributed by atoms with E-state index in [1.807, 2.05) is 20.8 Å². The summed E-state index contributed by atoms with van der Waals surface area (Å²) >= 11 is 3.56. The van der Waals surface area contributed by atoms with Gasteiger partial charge in [0.1, 0.15) is 0 Å². The summed E-state index contributed by atoms with van der Waals surface area (Å²) in [6, 6.07) is 0.357. The third-order valence-electron chi connectivity index (χ3n) is 3.86. The molecule has 0 N–H and O–H groups in total. The van der Waals surface area contributed by atoms with Gasteiger partial charge in [-0.05, 0) is 33.1 Å². The topological polar surface area (TPSA) is 38.1 Å². The Morgan fingerprint density at radius 1 is 1.47 bits per heavy atom. The zero-order valence-electron chi connectivity index (χ0n) is 12.1. The summed E-state index contributed by atoms with van der Waals surface area (Å²) in [5, 5.41) is 0.875. The van der Waals surface area contributed by atoms with Gasteiger partial charge in [-0.25, -0.2) is 4.98 Å². The maximum atomic E-state index is 12.6. The first-order valence-corrected chi connectivity index (χ1v) is 7.89. The van der Waals surface area contributed by atoms with Crippen molar-refractivity contribution in [3.8, 4) is 0 Å². The van der Waals surface area contributed by atoms with Crippen LogP contribution in [0.3, 0.4) is 0 Å². The van der Waals surface area contributed by atoms with E-state index in [4.69, 9.17) is 0 Å². The summed E-state index contributed by atoms with van der Waals surface area (Å²) in [7, 11) is 0. The molecule has 1 aromatic heterocycles. The second kappa shape index (κ2) is 5.27. The van der Waals surface area contributed by atoms with Gasteiger partial charge in [-0.1, -0.05) is 22.9 Å². The number of rotatable bonds is 2. The molecule has 19 heavy (non-hydrogen) atoms. The Morgan fingerprint density at radius 3 is 2.74 bits per heavy atom. The van der Waals surface area contributed by atoms with E-state index in [2.05, 4.69) is 32.7 Å². The lowest BCUT2D eigenvalue weighted by atomic mass is 10.1. The average Bonchev–Trinajstić information content (AvgIpc) is 2.69. The molecular formula is C14H22BrN3O. The molecule has 0 radical (unpaired) electrons. The fourth-order valence-corrected chi connectivity index (χ4v) is 3.62. The molecule has 1 saturated heterocycles. The number of hydrogen-bond acceptors (Lipinski definition) is 3. The minimum Gasteiger partial charge on any atom is -0.348 e. The van der Waals surface area contributed by atoms with Crippen molar-refractivity contribution >= 4 is 21.7 Å². The lowest BCUT2D eigenvalue weighted by Crippen LogP contribution is -2.42. The Morgan fingerprint density at radius 2 is 2.16 bits per heavy atom. The summed E-state index contributed by atoms with van der Waals surface area (Å²) < 4.78 is 1.77. The fraction of sp³-hybridized carbons (Fsp3) is 0.714. The largest absolute Gasteiger partial charge is 0.348 e. The van der Waals surface area contributed by atoms with Gasteiger partial charge in [-0.3, -0.25) is 4.79 Å². The van der Waals surface area contributed by atoms with E-state index >= 15 is 0 Å². The molecule has 5 heteroatoms. The van der Waals surface area contributed by atoms with E-state index in [9.17, 15) is 4.79 Å². The second-order valence-corrected chi connectivity index (χ2v) is 6.93. The number of halogens is 1. The molecule has 1 aliphatic heterocycles. The monoisotopic (exact) mass is 327 g/mol. The number of hydrogen-bond donors (Lipinski definition) is 0. The number of nitrogens with zero attached hydrogens (tertiary/aromatic N) is 3. The molecule has 2 heterocycles. The van der Waals surface area contributed by atoms with Gasteiger partial charge in [0.05, 0.1) is 0 Å². The van der Waals surface area contributed by atoms with Gasteiger partial charge in [0.2, 0.25) is 0 Å². The maximum absolute atomic E-state index is 12.6. The van der Waals surface area contributed by atoms with Gasteiger partial charge in [-0.2, -0.15) is 0 Å². The van der Waals surface area contributed by atoms with Crippen LogP contribution in [0.1, 0.15) is 34.1 Å². The summed E-state index contributed by atoms with van der Waals surface area (Å²) in [5.41, 5.74) is -0.209. The molecule has 0 bridgehead atoms. The molecule has 2 unspecified atom stereocenters. The van der Waals surface area contributed by atoms with E-state index in [1.165, 1.54) is 0 Å². The number of aromatic nitrogens is 2. The zero-order valence-corrected chi connectivity index (χ0v) is 13.6. The first kappa shape index (κ1) is 14.6. The molecule has 0 aromatic carbocycles. The van der Waals surface area contributed by atoms with Gasteiger partial charge in [-0.15, -0.1) is 0 Å². The fourth-order valence-electron chi connectivity index (χ4n) is 2.63. The van der Waals surface area contributed by atoms with Crippen molar-refractivity contribution in [2.45, 2.75) is 45.7 Å². The van der Waals surface area contributed by atoms with E-state index in [-0.39, 0.29) is 11.1 Å². The van der Waals surface area contributed by atoms with Crippen molar-refractivity contribution < 1.29 is 0 Å². The smallest absolute Gasteiger partial charge is 0.293 e. The van der Waals surface area contributed by atoms with Crippen molar-refractivity contribution in [1.29, 1.82) is 0 Å². The number of alkyl halides is 1. The Balaban J connectivity index is 2.44. The van der Waals surface area contributed by atoms with Crippen LogP contribution in [0.2, 0.25) is 0 Å². The molecule has 2 rings (SSSR count). The van der Waals surface area contributed by atoms with Crippen molar-refractivity contribution in [3.05, 3.63) is 22.7 Å². The Hall–Kier alpha value is -0.840. The van der Waals surface area contributed by atoms with Crippen LogP contribution in [0, 0.1) is 5.92 Å². The Bertz CT molecular complexity index is 506. The maximum Gasteiger partial charge on any atom is 0.293 e. The molecule has 0 spiro atoms. The first-order valence-electron chi connectivity index (χ1n) is 6.77. The van der Waals surface area contributed by atoms with Gasteiger partial charge >= 0.3 is 0 Å². The molecule has 0 saturated carbocycles. The van der Waals surface area contributed by atoms with Crippen LogP contribution in [0.5, 0.6) is 0 Å². The van der Waals surface area contributed by atoms with Crippen LogP contribution in [0.15, 0.2) is 17.2 Å². The molecule has 2 atom stereocenters. The second-order valence-electron chi connectivity index (χ2n) is 6.28. The summed E-state index contributed by atoms with van der Waals surface area (Å²) in [6.07, 6.45) is 4.62. The predicted molar refractivity (Wildman–Crippen MR) is 82.2 cm³/mol. The van der Waals surface area contributed by atoms with Crippen LogP contribution in [-0.4, -0.2) is 27.5 Å². The Labute approximate surface area is 123 Å². The first-order chi connectivity index (χ1) is 8.86. The van der Waals surface area contributed by atoms with E-state index < -0.39 is 0 Å². The molecular weight excluding hydrogens is 306 g/mol. The highest BCUT2D eigenvalue weighted by Gasteiger charge is 2.33. The molecule has 1 aromatic rings. The molecule has 0 amide bonds. The molecule has 4 nitrogen and oxygen atoms in total. The van der Waals surface area contributed by atoms with Gasteiger partial charge < -0.3 is 9.47 Å². The van der Waals surface area contributed by atoms with Crippen LogP contribution in [0.25, 0.3) is 0 Å². The van der Waals surface area contributed by atoms with Gasteiger partial charge in [0, 0.05) is 35.8 Å². The third kappa shape index (κ3) is 2.71. The molecule has 0 aliphatic carbocycles. The minimum absolute atomic E-state index is 0.00931.